The van der Waals surface area contributed by atoms with Gasteiger partial charge in [-0.15, -0.1) is 0 Å². The molecule has 0 spiro atoms. The van der Waals surface area contributed by atoms with E-state index in [0.717, 1.165) is 34.3 Å². The zero-order valence-electron chi connectivity index (χ0n) is 15.0. The summed E-state index contributed by atoms with van der Waals surface area (Å²) in [6.45, 7) is 8.49. The summed E-state index contributed by atoms with van der Waals surface area (Å²) < 4.78 is 0. The van der Waals surface area contributed by atoms with E-state index in [4.69, 9.17) is 4.98 Å². The summed E-state index contributed by atoms with van der Waals surface area (Å²) in [7, 11) is 0. The molecule has 0 bridgehead atoms. The van der Waals surface area contributed by atoms with Gasteiger partial charge in [0, 0.05) is 17.5 Å². The number of piperidine rings is 1. The Morgan fingerprint density at radius 1 is 1.21 bits per heavy atom. The number of thioether (sulfide) groups is 1. The molecule has 0 radical (unpaired) electrons. The molecular formula is C20H26N2OS. The molecule has 0 unspecified atom stereocenters. The number of amides is 1. The second-order valence-electron chi connectivity index (χ2n) is 7.03. The maximum absolute atomic E-state index is 12.7. The van der Waals surface area contributed by atoms with Gasteiger partial charge in [-0.3, -0.25) is 4.79 Å². The maximum Gasteiger partial charge on any atom is 0.233 e. The molecule has 2 atom stereocenters. The highest BCUT2D eigenvalue weighted by Crippen LogP contribution is 2.28. The molecule has 1 aliphatic rings. The van der Waals surface area contributed by atoms with Crippen molar-refractivity contribution < 1.29 is 4.79 Å². The molecule has 2 aromatic rings. The topological polar surface area (TPSA) is 33.2 Å². The Balaban J connectivity index is 1.75. The Hall–Kier alpha value is -1.55. The number of benzene rings is 1. The summed E-state index contributed by atoms with van der Waals surface area (Å²) in [6.07, 6.45) is 3.46. The molecule has 1 fully saturated rings. The Morgan fingerprint density at radius 3 is 2.62 bits per heavy atom. The van der Waals surface area contributed by atoms with E-state index in [-0.39, 0.29) is 5.91 Å². The lowest BCUT2D eigenvalue weighted by molar-refractivity contribution is -0.134. The second kappa shape index (κ2) is 7.14. The van der Waals surface area contributed by atoms with Gasteiger partial charge in [0.15, 0.2) is 0 Å². The van der Waals surface area contributed by atoms with Crippen LogP contribution in [0.2, 0.25) is 0 Å². The fourth-order valence-corrected chi connectivity index (χ4v) is 4.49. The van der Waals surface area contributed by atoms with Gasteiger partial charge in [0.05, 0.1) is 11.3 Å². The standard InChI is InChI=1S/C20H26N2OS/c1-13-8-9-17-11-14(2)20(21-18(17)10-13)24-12-19(23)22-15(3)6-5-7-16(22)4/h8-11,15-16H,5-7,12H2,1-4H3/t15-,16-/m1/s1. The number of likely N-dealkylation sites (tertiary alicyclic amines) is 1. The number of pyridine rings is 1. The Morgan fingerprint density at radius 2 is 1.92 bits per heavy atom. The van der Waals surface area contributed by atoms with Crippen LogP contribution < -0.4 is 0 Å². The van der Waals surface area contributed by atoms with Crippen molar-refractivity contribution >= 4 is 28.6 Å². The molecular weight excluding hydrogens is 316 g/mol. The minimum Gasteiger partial charge on any atom is -0.337 e. The lowest BCUT2D eigenvalue weighted by Gasteiger charge is -2.39. The van der Waals surface area contributed by atoms with Gasteiger partial charge in [-0.25, -0.2) is 4.98 Å². The van der Waals surface area contributed by atoms with E-state index in [1.54, 1.807) is 11.8 Å². The number of aromatic nitrogens is 1. The van der Waals surface area contributed by atoms with E-state index in [0.29, 0.717) is 17.8 Å². The number of aryl methyl sites for hydroxylation is 2. The lowest BCUT2D eigenvalue weighted by atomic mass is 9.98. The average Bonchev–Trinajstić information content (AvgIpc) is 2.53. The molecule has 0 saturated carbocycles. The van der Waals surface area contributed by atoms with Crippen molar-refractivity contribution in [2.75, 3.05) is 5.75 Å². The fourth-order valence-electron chi connectivity index (χ4n) is 3.63. The van der Waals surface area contributed by atoms with Crippen LogP contribution in [-0.2, 0) is 4.79 Å². The van der Waals surface area contributed by atoms with Crippen LogP contribution in [0.3, 0.4) is 0 Å². The third kappa shape index (κ3) is 3.59. The van der Waals surface area contributed by atoms with E-state index in [1.165, 1.54) is 12.0 Å². The minimum atomic E-state index is 0.241. The molecule has 128 valence electrons. The van der Waals surface area contributed by atoms with Gasteiger partial charge in [-0.2, -0.15) is 0 Å². The summed E-state index contributed by atoms with van der Waals surface area (Å²) in [4.78, 5) is 19.6. The Kier molecular flexibility index (Phi) is 5.14. The largest absolute Gasteiger partial charge is 0.337 e. The van der Waals surface area contributed by atoms with Gasteiger partial charge in [-0.1, -0.05) is 23.9 Å². The van der Waals surface area contributed by atoms with Crippen LogP contribution in [0.15, 0.2) is 29.3 Å². The van der Waals surface area contributed by atoms with Crippen molar-refractivity contribution in [1.29, 1.82) is 0 Å². The monoisotopic (exact) mass is 342 g/mol. The molecule has 3 rings (SSSR count). The molecule has 1 aliphatic heterocycles. The molecule has 1 saturated heterocycles. The van der Waals surface area contributed by atoms with Gasteiger partial charge >= 0.3 is 0 Å². The average molecular weight is 343 g/mol. The van der Waals surface area contributed by atoms with E-state index in [1.807, 2.05) is 0 Å². The number of rotatable bonds is 3. The Labute approximate surface area is 148 Å². The normalized spacial score (nSPS) is 21.2. The predicted molar refractivity (Wildman–Crippen MR) is 102 cm³/mol. The third-order valence-electron chi connectivity index (χ3n) is 4.93. The van der Waals surface area contributed by atoms with Crippen molar-refractivity contribution in [2.45, 2.75) is 64.1 Å². The first kappa shape index (κ1) is 17.3. The quantitative estimate of drug-likeness (QED) is 0.756. The number of carbonyl (C=O) groups excluding carboxylic acids is 1. The molecule has 2 heterocycles. The molecule has 3 nitrogen and oxygen atoms in total. The molecule has 24 heavy (non-hydrogen) atoms. The van der Waals surface area contributed by atoms with Gasteiger partial charge < -0.3 is 4.90 Å². The molecule has 1 aromatic heterocycles. The van der Waals surface area contributed by atoms with E-state index in [2.05, 4.69) is 56.9 Å². The van der Waals surface area contributed by atoms with Gasteiger partial charge in [0.1, 0.15) is 5.03 Å². The Bertz CT molecular complexity index is 749. The fraction of sp³-hybridized carbons (Fsp3) is 0.500. The number of hydrogen-bond acceptors (Lipinski definition) is 3. The number of carbonyl (C=O) groups is 1. The van der Waals surface area contributed by atoms with Crippen LogP contribution in [0.4, 0.5) is 0 Å². The second-order valence-corrected chi connectivity index (χ2v) is 7.99. The zero-order chi connectivity index (χ0) is 17.3. The summed E-state index contributed by atoms with van der Waals surface area (Å²) in [6, 6.07) is 9.21. The van der Waals surface area contributed by atoms with E-state index >= 15 is 0 Å². The number of hydrogen-bond donors (Lipinski definition) is 0. The molecule has 1 amide bonds. The minimum absolute atomic E-state index is 0.241. The van der Waals surface area contributed by atoms with Crippen LogP contribution in [0.1, 0.15) is 44.2 Å². The van der Waals surface area contributed by atoms with Crippen LogP contribution in [0, 0.1) is 13.8 Å². The SMILES string of the molecule is Cc1ccc2cc(C)c(SCC(=O)N3[C@H](C)CCC[C@H]3C)nc2c1. The highest BCUT2D eigenvalue weighted by Gasteiger charge is 2.28. The van der Waals surface area contributed by atoms with Crippen molar-refractivity contribution in [3.05, 3.63) is 35.4 Å². The number of nitrogens with zero attached hydrogens (tertiary/aromatic N) is 2. The summed E-state index contributed by atoms with van der Waals surface area (Å²) in [5.74, 6) is 0.713. The predicted octanol–water partition coefficient (Wildman–Crippen LogP) is 4.73. The van der Waals surface area contributed by atoms with Gasteiger partial charge in [-0.05, 0) is 70.2 Å². The maximum atomic E-state index is 12.7. The highest BCUT2D eigenvalue weighted by atomic mass is 32.2. The highest BCUT2D eigenvalue weighted by molar-refractivity contribution is 7.99. The van der Waals surface area contributed by atoms with Crippen LogP contribution in [0.25, 0.3) is 10.9 Å². The van der Waals surface area contributed by atoms with Crippen molar-refractivity contribution in [3.8, 4) is 0 Å². The molecule has 4 heteroatoms. The van der Waals surface area contributed by atoms with Crippen LogP contribution >= 0.6 is 11.8 Å². The lowest BCUT2D eigenvalue weighted by Crippen LogP contribution is -2.48. The zero-order valence-corrected chi connectivity index (χ0v) is 15.8. The summed E-state index contributed by atoms with van der Waals surface area (Å²) in [5.41, 5.74) is 3.36. The van der Waals surface area contributed by atoms with Crippen molar-refractivity contribution in [1.82, 2.24) is 9.88 Å². The van der Waals surface area contributed by atoms with E-state index < -0.39 is 0 Å². The van der Waals surface area contributed by atoms with Gasteiger partial charge in [0.25, 0.3) is 0 Å². The first-order valence-corrected chi connectivity index (χ1v) is 9.76. The number of fused-ring (bicyclic) bond motifs is 1. The smallest absolute Gasteiger partial charge is 0.233 e. The van der Waals surface area contributed by atoms with Crippen LogP contribution in [-0.4, -0.2) is 33.6 Å². The molecule has 0 aliphatic carbocycles. The summed E-state index contributed by atoms with van der Waals surface area (Å²) in [5, 5.41) is 2.13. The van der Waals surface area contributed by atoms with Gasteiger partial charge in [0.2, 0.25) is 5.91 Å². The summed E-state index contributed by atoms with van der Waals surface area (Å²) >= 11 is 1.57. The van der Waals surface area contributed by atoms with Crippen LogP contribution in [0.5, 0.6) is 0 Å². The molecule has 1 aromatic carbocycles. The van der Waals surface area contributed by atoms with E-state index in [9.17, 15) is 4.79 Å². The third-order valence-corrected chi connectivity index (χ3v) is 6.01. The molecule has 0 N–H and O–H groups in total. The van der Waals surface area contributed by atoms with Crippen molar-refractivity contribution in [3.63, 3.8) is 0 Å². The first-order chi connectivity index (χ1) is 11.5. The van der Waals surface area contributed by atoms with Crippen molar-refractivity contribution in [2.24, 2.45) is 0 Å². The first-order valence-electron chi connectivity index (χ1n) is 8.77.